The Bertz CT molecular complexity index is 993. The highest BCUT2D eigenvalue weighted by atomic mass is 16.5. The van der Waals surface area contributed by atoms with Gasteiger partial charge in [-0.2, -0.15) is 4.98 Å². The molecular weight excluding hydrogens is 378 g/mol. The van der Waals surface area contributed by atoms with Gasteiger partial charge in [-0.3, -0.25) is 4.79 Å². The van der Waals surface area contributed by atoms with Crippen molar-refractivity contribution in [2.24, 2.45) is 0 Å². The fraction of sp³-hybridized carbons (Fsp3) is 0.375. The molecule has 0 spiro atoms. The number of hydrogen-bond acceptors (Lipinski definition) is 5. The topological polar surface area (TPSA) is 68.5 Å². The van der Waals surface area contributed by atoms with E-state index in [1.807, 2.05) is 43.0 Å². The molecule has 0 radical (unpaired) electrons. The largest absolute Gasteiger partial charge is 0.491 e. The smallest absolute Gasteiger partial charge is 0.232 e. The zero-order valence-electron chi connectivity index (χ0n) is 17.7. The number of nitrogens with zero attached hydrogens (tertiary/aromatic N) is 3. The number of ether oxygens (including phenoxy) is 1. The van der Waals surface area contributed by atoms with Crippen molar-refractivity contribution in [3.8, 4) is 17.1 Å². The molecule has 156 valence electrons. The summed E-state index contributed by atoms with van der Waals surface area (Å²) in [7, 11) is 0. The highest BCUT2D eigenvalue weighted by Gasteiger charge is 2.34. The van der Waals surface area contributed by atoms with Gasteiger partial charge >= 0.3 is 0 Å². The Hall–Kier alpha value is -3.15. The Morgan fingerprint density at radius 1 is 1.10 bits per heavy atom. The SMILES string of the molecule is CCc1ccc(CN2CC(c3nc(-c4ccc(OC(C)C)cc4)no3)CC2=O)cc1. The number of aromatic nitrogens is 2. The van der Waals surface area contributed by atoms with Gasteiger partial charge in [0.05, 0.1) is 12.0 Å². The molecule has 3 aromatic rings. The van der Waals surface area contributed by atoms with E-state index in [4.69, 9.17) is 9.26 Å². The molecular formula is C24H27N3O3. The first kappa shape index (κ1) is 20.1. The Labute approximate surface area is 176 Å². The minimum atomic E-state index is -0.0720. The maximum absolute atomic E-state index is 12.5. The van der Waals surface area contributed by atoms with Crippen molar-refractivity contribution in [1.82, 2.24) is 15.0 Å². The number of amides is 1. The molecule has 2 aromatic carbocycles. The fourth-order valence-corrected chi connectivity index (χ4v) is 3.66. The summed E-state index contributed by atoms with van der Waals surface area (Å²) in [6, 6.07) is 16.1. The number of aryl methyl sites for hydroxylation is 1. The molecule has 6 heteroatoms. The van der Waals surface area contributed by atoms with Crippen molar-refractivity contribution < 1.29 is 14.1 Å². The Balaban J connectivity index is 1.41. The zero-order chi connectivity index (χ0) is 21.1. The molecule has 0 aliphatic carbocycles. The molecule has 0 N–H and O–H groups in total. The van der Waals surface area contributed by atoms with Gasteiger partial charge in [0.1, 0.15) is 5.75 Å². The van der Waals surface area contributed by atoms with Crippen LogP contribution in [0.3, 0.4) is 0 Å². The number of carbonyl (C=O) groups excluding carboxylic acids is 1. The second kappa shape index (κ2) is 8.69. The van der Waals surface area contributed by atoms with Crippen LogP contribution < -0.4 is 4.74 Å². The van der Waals surface area contributed by atoms with Crippen LogP contribution in [-0.4, -0.2) is 33.6 Å². The Morgan fingerprint density at radius 3 is 2.47 bits per heavy atom. The molecule has 1 saturated heterocycles. The average Bonchev–Trinajstić information content (AvgIpc) is 3.36. The van der Waals surface area contributed by atoms with E-state index in [1.165, 1.54) is 5.56 Å². The third-order valence-electron chi connectivity index (χ3n) is 5.29. The summed E-state index contributed by atoms with van der Waals surface area (Å²) in [5.74, 6) is 1.90. The first-order valence-electron chi connectivity index (χ1n) is 10.5. The lowest BCUT2D eigenvalue weighted by Crippen LogP contribution is -2.24. The second-order valence-electron chi connectivity index (χ2n) is 7.99. The summed E-state index contributed by atoms with van der Waals surface area (Å²) in [6.45, 7) is 7.32. The number of benzene rings is 2. The summed E-state index contributed by atoms with van der Waals surface area (Å²) in [4.78, 5) is 18.9. The molecule has 1 unspecified atom stereocenters. The third kappa shape index (κ3) is 4.53. The van der Waals surface area contributed by atoms with Crippen molar-refractivity contribution in [3.63, 3.8) is 0 Å². The Morgan fingerprint density at radius 2 is 1.80 bits per heavy atom. The van der Waals surface area contributed by atoms with E-state index >= 15 is 0 Å². The van der Waals surface area contributed by atoms with Crippen molar-refractivity contribution in [2.45, 2.75) is 52.2 Å². The van der Waals surface area contributed by atoms with E-state index in [9.17, 15) is 4.79 Å². The first-order valence-corrected chi connectivity index (χ1v) is 10.5. The summed E-state index contributed by atoms with van der Waals surface area (Å²) < 4.78 is 11.2. The molecule has 1 aliphatic heterocycles. The minimum Gasteiger partial charge on any atom is -0.491 e. The number of rotatable bonds is 7. The van der Waals surface area contributed by atoms with Crippen LogP contribution in [0.5, 0.6) is 5.75 Å². The van der Waals surface area contributed by atoms with Crippen molar-refractivity contribution >= 4 is 5.91 Å². The van der Waals surface area contributed by atoms with Crippen LogP contribution in [0.25, 0.3) is 11.4 Å². The van der Waals surface area contributed by atoms with Crippen LogP contribution in [0.1, 0.15) is 50.1 Å². The molecule has 1 atom stereocenters. The van der Waals surface area contributed by atoms with Gasteiger partial charge in [-0.25, -0.2) is 0 Å². The van der Waals surface area contributed by atoms with E-state index < -0.39 is 0 Å². The lowest BCUT2D eigenvalue weighted by Gasteiger charge is -2.16. The highest BCUT2D eigenvalue weighted by molar-refractivity contribution is 5.79. The fourth-order valence-electron chi connectivity index (χ4n) is 3.66. The lowest BCUT2D eigenvalue weighted by molar-refractivity contribution is -0.128. The van der Waals surface area contributed by atoms with Crippen LogP contribution in [0.4, 0.5) is 0 Å². The van der Waals surface area contributed by atoms with Gasteiger partial charge in [-0.1, -0.05) is 36.3 Å². The monoisotopic (exact) mass is 405 g/mol. The van der Waals surface area contributed by atoms with E-state index in [2.05, 4.69) is 41.3 Å². The van der Waals surface area contributed by atoms with Crippen molar-refractivity contribution in [2.75, 3.05) is 6.54 Å². The molecule has 30 heavy (non-hydrogen) atoms. The van der Waals surface area contributed by atoms with E-state index in [0.29, 0.717) is 31.2 Å². The molecule has 2 heterocycles. The number of hydrogen-bond donors (Lipinski definition) is 0. The molecule has 6 nitrogen and oxygen atoms in total. The minimum absolute atomic E-state index is 0.0720. The molecule has 1 fully saturated rings. The number of carbonyl (C=O) groups is 1. The summed E-state index contributed by atoms with van der Waals surface area (Å²) in [5, 5.41) is 4.12. The van der Waals surface area contributed by atoms with Crippen LogP contribution >= 0.6 is 0 Å². The first-order chi connectivity index (χ1) is 14.5. The van der Waals surface area contributed by atoms with E-state index in [0.717, 1.165) is 23.3 Å². The zero-order valence-corrected chi connectivity index (χ0v) is 17.7. The second-order valence-corrected chi connectivity index (χ2v) is 7.99. The maximum Gasteiger partial charge on any atom is 0.232 e. The van der Waals surface area contributed by atoms with E-state index in [-0.39, 0.29) is 17.9 Å². The Kier molecular flexibility index (Phi) is 5.84. The average molecular weight is 405 g/mol. The van der Waals surface area contributed by atoms with Crippen LogP contribution in [0.2, 0.25) is 0 Å². The summed E-state index contributed by atoms with van der Waals surface area (Å²) >= 11 is 0. The maximum atomic E-state index is 12.5. The molecule has 0 bridgehead atoms. The normalized spacial score (nSPS) is 16.5. The van der Waals surface area contributed by atoms with Gasteiger partial charge in [-0.15, -0.1) is 0 Å². The molecule has 1 amide bonds. The van der Waals surface area contributed by atoms with Crippen molar-refractivity contribution in [1.29, 1.82) is 0 Å². The number of likely N-dealkylation sites (tertiary alicyclic amines) is 1. The molecule has 1 aliphatic rings. The lowest BCUT2D eigenvalue weighted by atomic mass is 10.1. The quantitative estimate of drug-likeness (QED) is 0.574. The van der Waals surface area contributed by atoms with Gasteiger partial charge in [0.15, 0.2) is 0 Å². The molecule has 0 saturated carbocycles. The van der Waals surface area contributed by atoms with Crippen LogP contribution in [0.15, 0.2) is 53.1 Å². The van der Waals surface area contributed by atoms with Gasteiger partial charge in [0.25, 0.3) is 0 Å². The third-order valence-corrected chi connectivity index (χ3v) is 5.29. The predicted molar refractivity (Wildman–Crippen MR) is 114 cm³/mol. The van der Waals surface area contributed by atoms with Gasteiger partial charge in [0, 0.05) is 25.1 Å². The van der Waals surface area contributed by atoms with Crippen molar-refractivity contribution in [3.05, 3.63) is 65.5 Å². The van der Waals surface area contributed by atoms with Crippen LogP contribution in [0, 0.1) is 0 Å². The summed E-state index contributed by atoms with van der Waals surface area (Å²) in [5.41, 5.74) is 3.29. The van der Waals surface area contributed by atoms with Gasteiger partial charge < -0.3 is 14.2 Å². The molecule has 4 rings (SSSR count). The van der Waals surface area contributed by atoms with Gasteiger partial charge in [-0.05, 0) is 55.7 Å². The van der Waals surface area contributed by atoms with Crippen LogP contribution in [-0.2, 0) is 17.8 Å². The highest BCUT2D eigenvalue weighted by Crippen LogP contribution is 2.30. The summed E-state index contributed by atoms with van der Waals surface area (Å²) in [6.07, 6.45) is 1.54. The molecule has 1 aromatic heterocycles. The standard InChI is InChI=1S/C24H27N3O3/c1-4-17-5-7-18(8-6-17)14-27-15-20(13-22(27)28)24-25-23(26-30-24)19-9-11-21(12-10-19)29-16(2)3/h5-12,16,20H,4,13-15H2,1-3H3. The van der Waals surface area contributed by atoms with E-state index in [1.54, 1.807) is 0 Å². The predicted octanol–water partition coefficient (Wildman–Crippen LogP) is 4.60. The van der Waals surface area contributed by atoms with Gasteiger partial charge in [0.2, 0.25) is 17.6 Å².